The summed E-state index contributed by atoms with van der Waals surface area (Å²) >= 11 is 0. The topological polar surface area (TPSA) is 43.3 Å². The first-order chi connectivity index (χ1) is 10.0. The number of ether oxygens (including phenoxy) is 1. The van der Waals surface area contributed by atoms with Crippen molar-refractivity contribution >= 4 is 5.91 Å². The van der Waals surface area contributed by atoms with Crippen LogP contribution in [0.2, 0.25) is 0 Å². The Morgan fingerprint density at radius 2 is 1.86 bits per heavy atom. The molecule has 0 fully saturated rings. The number of methoxy groups -OCH3 is 1. The number of hydrogen-bond donors (Lipinski definition) is 1. The molecule has 112 valence electrons. The quantitative estimate of drug-likeness (QED) is 0.917. The van der Waals surface area contributed by atoms with Crippen molar-refractivity contribution in [2.75, 3.05) is 7.11 Å². The van der Waals surface area contributed by atoms with Crippen molar-refractivity contribution in [3.8, 4) is 5.75 Å². The summed E-state index contributed by atoms with van der Waals surface area (Å²) < 4.78 is 6.99. The van der Waals surface area contributed by atoms with E-state index >= 15 is 0 Å². The summed E-state index contributed by atoms with van der Waals surface area (Å²) in [5.74, 6) is 1.05. The van der Waals surface area contributed by atoms with Gasteiger partial charge in [-0.25, -0.2) is 0 Å². The molecule has 4 heteroatoms. The summed E-state index contributed by atoms with van der Waals surface area (Å²) in [6.07, 6.45) is 1.87. The van der Waals surface area contributed by atoms with Crippen LogP contribution in [-0.4, -0.2) is 17.6 Å². The Morgan fingerprint density at radius 1 is 1.19 bits per heavy atom. The van der Waals surface area contributed by atoms with Gasteiger partial charge in [-0.15, -0.1) is 0 Å². The largest absolute Gasteiger partial charge is 0.497 e. The fourth-order valence-corrected chi connectivity index (χ4v) is 2.36. The second-order valence-corrected chi connectivity index (χ2v) is 5.47. The molecule has 4 nitrogen and oxygen atoms in total. The molecule has 0 aliphatic carbocycles. The third-order valence-electron chi connectivity index (χ3n) is 3.60. The molecule has 1 unspecified atom stereocenters. The predicted molar refractivity (Wildman–Crippen MR) is 83.5 cm³/mol. The van der Waals surface area contributed by atoms with Crippen molar-refractivity contribution in [1.29, 1.82) is 0 Å². The van der Waals surface area contributed by atoms with Gasteiger partial charge in [-0.1, -0.05) is 26.0 Å². The minimum Gasteiger partial charge on any atom is -0.497 e. The van der Waals surface area contributed by atoms with Gasteiger partial charge in [0.05, 0.1) is 13.2 Å². The number of carbonyl (C=O) groups is 1. The molecule has 0 aliphatic rings. The summed E-state index contributed by atoms with van der Waals surface area (Å²) in [4.78, 5) is 12.4. The van der Waals surface area contributed by atoms with Crippen molar-refractivity contribution in [1.82, 2.24) is 9.88 Å². The molecule has 0 saturated heterocycles. The van der Waals surface area contributed by atoms with E-state index in [4.69, 9.17) is 4.74 Å². The molecule has 2 aromatic rings. The first-order valence-electron chi connectivity index (χ1n) is 7.09. The highest BCUT2D eigenvalue weighted by atomic mass is 16.5. The average molecular weight is 286 g/mol. The van der Waals surface area contributed by atoms with Crippen molar-refractivity contribution < 1.29 is 9.53 Å². The van der Waals surface area contributed by atoms with Gasteiger partial charge in [0.25, 0.3) is 5.91 Å². The lowest BCUT2D eigenvalue weighted by Crippen LogP contribution is -2.32. The monoisotopic (exact) mass is 286 g/mol. The third-order valence-corrected chi connectivity index (χ3v) is 3.60. The van der Waals surface area contributed by atoms with E-state index in [9.17, 15) is 4.79 Å². The predicted octanol–water partition coefficient (Wildman–Crippen LogP) is 3.16. The molecule has 0 saturated carbocycles. The van der Waals surface area contributed by atoms with E-state index in [1.54, 1.807) is 7.11 Å². The van der Waals surface area contributed by atoms with Crippen LogP contribution in [0.4, 0.5) is 0 Å². The van der Waals surface area contributed by atoms with E-state index in [2.05, 4.69) is 19.2 Å². The highest BCUT2D eigenvalue weighted by Gasteiger charge is 2.20. The Kier molecular flexibility index (Phi) is 4.68. The molecular formula is C17H22N2O2. The number of nitrogens with one attached hydrogen (secondary N) is 1. The Hall–Kier alpha value is -2.23. The number of nitrogens with zero attached hydrogens (tertiary/aromatic N) is 1. The van der Waals surface area contributed by atoms with Gasteiger partial charge >= 0.3 is 0 Å². The number of aromatic nitrogens is 1. The van der Waals surface area contributed by atoms with Crippen molar-refractivity contribution in [2.24, 2.45) is 13.0 Å². The van der Waals surface area contributed by atoms with Crippen molar-refractivity contribution in [3.63, 3.8) is 0 Å². The van der Waals surface area contributed by atoms with Gasteiger partial charge in [-0.05, 0) is 35.7 Å². The molecule has 1 heterocycles. The summed E-state index contributed by atoms with van der Waals surface area (Å²) in [5, 5.41) is 3.11. The number of amides is 1. The summed E-state index contributed by atoms with van der Waals surface area (Å²) in [6.45, 7) is 4.19. The summed E-state index contributed by atoms with van der Waals surface area (Å²) in [5.41, 5.74) is 1.74. The minimum absolute atomic E-state index is 0.0293. The average Bonchev–Trinajstić information content (AvgIpc) is 2.90. The van der Waals surface area contributed by atoms with Crippen LogP contribution in [-0.2, 0) is 7.05 Å². The van der Waals surface area contributed by atoms with Crippen LogP contribution in [0.5, 0.6) is 5.75 Å². The smallest absolute Gasteiger partial charge is 0.268 e. The molecule has 2 rings (SSSR count). The Labute approximate surface area is 125 Å². The number of rotatable bonds is 5. The molecule has 1 N–H and O–H groups in total. The molecule has 0 radical (unpaired) electrons. The molecule has 0 spiro atoms. The van der Waals surface area contributed by atoms with Crippen molar-refractivity contribution in [2.45, 2.75) is 19.9 Å². The van der Waals surface area contributed by atoms with Crippen LogP contribution in [0.15, 0.2) is 42.6 Å². The van der Waals surface area contributed by atoms with Gasteiger partial charge in [0.2, 0.25) is 0 Å². The molecule has 1 aromatic heterocycles. The van der Waals surface area contributed by atoms with Crippen LogP contribution >= 0.6 is 0 Å². The van der Waals surface area contributed by atoms with Gasteiger partial charge < -0.3 is 14.6 Å². The maximum atomic E-state index is 12.4. The van der Waals surface area contributed by atoms with Crippen LogP contribution < -0.4 is 10.1 Å². The first kappa shape index (κ1) is 15.2. The van der Waals surface area contributed by atoms with E-state index in [0.29, 0.717) is 11.6 Å². The maximum absolute atomic E-state index is 12.4. The molecule has 1 amide bonds. The zero-order valence-corrected chi connectivity index (χ0v) is 13.0. The van der Waals surface area contributed by atoms with E-state index in [0.717, 1.165) is 11.3 Å². The van der Waals surface area contributed by atoms with E-state index < -0.39 is 0 Å². The van der Waals surface area contributed by atoms with E-state index in [1.807, 2.05) is 54.2 Å². The molecule has 21 heavy (non-hydrogen) atoms. The van der Waals surface area contributed by atoms with Gasteiger partial charge in [-0.3, -0.25) is 4.79 Å². The fraction of sp³-hybridized carbons (Fsp3) is 0.353. The van der Waals surface area contributed by atoms with E-state index in [-0.39, 0.29) is 11.9 Å². The summed E-state index contributed by atoms with van der Waals surface area (Å²) in [6, 6.07) is 11.5. The number of hydrogen-bond acceptors (Lipinski definition) is 2. The lowest BCUT2D eigenvalue weighted by Gasteiger charge is -2.23. The Morgan fingerprint density at radius 3 is 2.33 bits per heavy atom. The summed E-state index contributed by atoms with van der Waals surface area (Å²) in [7, 11) is 3.51. The van der Waals surface area contributed by atoms with Crippen molar-refractivity contribution in [3.05, 3.63) is 53.9 Å². The van der Waals surface area contributed by atoms with E-state index in [1.165, 1.54) is 0 Å². The van der Waals surface area contributed by atoms with Gasteiger partial charge in [0.1, 0.15) is 11.4 Å². The zero-order chi connectivity index (χ0) is 15.4. The molecular weight excluding hydrogens is 264 g/mol. The molecule has 1 aromatic carbocycles. The first-order valence-corrected chi connectivity index (χ1v) is 7.09. The molecule has 0 bridgehead atoms. The van der Waals surface area contributed by atoms with Gasteiger partial charge in [0, 0.05) is 13.2 Å². The Bertz CT molecular complexity index is 600. The third kappa shape index (κ3) is 3.45. The number of benzene rings is 1. The van der Waals surface area contributed by atoms with Crippen LogP contribution in [0.3, 0.4) is 0 Å². The van der Waals surface area contributed by atoms with Gasteiger partial charge in [-0.2, -0.15) is 0 Å². The second kappa shape index (κ2) is 6.48. The number of carbonyl (C=O) groups excluding carboxylic acids is 1. The Balaban J connectivity index is 2.19. The standard InChI is InChI=1S/C17H22N2O2/c1-12(2)16(13-7-9-14(21-4)10-8-13)18-17(20)15-6-5-11-19(15)3/h5-12,16H,1-4H3,(H,18,20). The van der Waals surface area contributed by atoms with Crippen LogP contribution in [0.25, 0.3) is 0 Å². The highest BCUT2D eigenvalue weighted by molar-refractivity contribution is 5.93. The van der Waals surface area contributed by atoms with Crippen LogP contribution in [0, 0.1) is 5.92 Å². The SMILES string of the molecule is COc1ccc(C(NC(=O)c2cccn2C)C(C)C)cc1. The normalized spacial score (nSPS) is 12.2. The second-order valence-electron chi connectivity index (χ2n) is 5.47. The molecule has 0 aliphatic heterocycles. The number of aryl methyl sites for hydroxylation is 1. The van der Waals surface area contributed by atoms with Crippen LogP contribution in [0.1, 0.15) is 35.9 Å². The zero-order valence-electron chi connectivity index (χ0n) is 13.0. The van der Waals surface area contributed by atoms with Gasteiger partial charge in [0.15, 0.2) is 0 Å². The minimum atomic E-state index is -0.0583. The maximum Gasteiger partial charge on any atom is 0.268 e. The highest BCUT2D eigenvalue weighted by Crippen LogP contribution is 2.24. The fourth-order valence-electron chi connectivity index (χ4n) is 2.36. The lowest BCUT2D eigenvalue weighted by atomic mass is 9.96. The lowest BCUT2D eigenvalue weighted by molar-refractivity contribution is 0.0917. The molecule has 1 atom stereocenters.